The molecule has 1 heterocycles. The van der Waals surface area contributed by atoms with E-state index >= 15 is 0 Å². The summed E-state index contributed by atoms with van der Waals surface area (Å²) in [6.45, 7) is 4.19. The Kier molecular flexibility index (Phi) is 2.57. The zero-order valence-corrected chi connectivity index (χ0v) is 12.4. The summed E-state index contributed by atoms with van der Waals surface area (Å²) in [6.07, 6.45) is 5.53. The number of hydrogen-bond donors (Lipinski definition) is 0. The van der Waals surface area contributed by atoms with Gasteiger partial charge in [-0.25, -0.2) is 0 Å². The van der Waals surface area contributed by atoms with Crippen molar-refractivity contribution < 1.29 is 9.59 Å². The fourth-order valence-electron chi connectivity index (χ4n) is 5.84. The molecule has 0 aromatic heterocycles. The van der Waals surface area contributed by atoms with Gasteiger partial charge in [0.25, 0.3) is 0 Å². The van der Waals surface area contributed by atoms with Crippen molar-refractivity contribution in [2.45, 2.75) is 32.6 Å². The van der Waals surface area contributed by atoms with Crippen molar-refractivity contribution in [3.8, 4) is 0 Å². The number of piperidine rings is 1. The number of rotatable bonds is 0. The molecule has 0 aromatic carbocycles. The Morgan fingerprint density at radius 1 is 1.30 bits per heavy atom. The van der Waals surface area contributed by atoms with Crippen molar-refractivity contribution in [1.82, 2.24) is 4.90 Å². The summed E-state index contributed by atoms with van der Waals surface area (Å²) in [5.41, 5.74) is 0.864. The second-order valence-corrected chi connectivity index (χ2v) is 7.62. The first-order valence-electron chi connectivity index (χ1n) is 7.95. The second kappa shape index (κ2) is 4.03. The fourth-order valence-corrected chi connectivity index (χ4v) is 5.84. The maximum atomic E-state index is 12.8. The third-order valence-electron chi connectivity index (χ3n) is 6.51. The third-order valence-corrected chi connectivity index (χ3v) is 6.51. The maximum absolute atomic E-state index is 12.8. The highest BCUT2D eigenvalue weighted by atomic mass is 16.1. The number of carbonyl (C=O) groups is 2. The van der Waals surface area contributed by atoms with Gasteiger partial charge < -0.3 is 4.90 Å². The summed E-state index contributed by atoms with van der Waals surface area (Å²) in [5.74, 6) is 2.04. The van der Waals surface area contributed by atoms with Crippen LogP contribution in [0.2, 0.25) is 0 Å². The SMILES string of the molecule is CC1=CC(=O)[C@]23C[C@@H]4CN(C)CC[C@@H]4[C@H]2C(=O)C[C@@H]3C1. The zero-order chi connectivity index (χ0) is 14.1. The molecule has 0 N–H and O–H groups in total. The Morgan fingerprint density at radius 2 is 2.10 bits per heavy atom. The molecule has 0 aromatic rings. The summed E-state index contributed by atoms with van der Waals surface area (Å²) in [5, 5.41) is 0. The lowest BCUT2D eigenvalue weighted by Gasteiger charge is -2.36. The fraction of sp³-hybridized carbons (Fsp3) is 0.765. The molecule has 108 valence electrons. The zero-order valence-electron chi connectivity index (χ0n) is 12.4. The molecule has 0 radical (unpaired) electrons. The van der Waals surface area contributed by atoms with E-state index in [4.69, 9.17) is 0 Å². The van der Waals surface area contributed by atoms with Crippen LogP contribution in [0.1, 0.15) is 32.6 Å². The smallest absolute Gasteiger partial charge is 0.162 e. The van der Waals surface area contributed by atoms with E-state index in [1.165, 1.54) is 5.57 Å². The van der Waals surface area contributed by atoms with E-state index in [1.807, 2.05) is 13.0 Å². The van der Waals surface area contributed by atoms with Crippen LogP contribution in [0, 0.1) is 29.1 Å². The number of ketones is 2. The van der Waals surface area contributed by atoms with E-state index in [0.717, 1.165) is 32.4 Å². The van der Waals surface area contributed by atoms with Crippen LogP contribution in [-0.2, 0) is 9.59 Å². The lowest BCUT2D eigenvalue weighted by atomic mass is 9.64. The van der Waals surface area contributed by atoms with E-state index in [0.29, 0.717) is 30.0 Å². The van der Waals surface area contributed by atoms with Crippen LogP contribution in [0.4, 0.5) is 0 Å². The molecular weight excluding hydrogens is 250 g/mol. The van der Waals surface area contributed by atoms with Crippen LogP contribution in [0.15, 0.2) is 11.6 Å². The van der Waals surface area contributed by atoms with Crippen molar-refractivity contribution in [3.05, 3.63) is 11.6 Å². The highest BCUT2D eigenvalue weighted by Crippen LogP contribution is 2.64. The van der Waals surface area contributed by atoms with Gasteiger partial charge in [0.15, 0.2) is 5.78 Å². The number of nitrogens with zero attached hydrogens (tertiary/aromatic N) is 1. The summed E-state index contributed by atoms with van der Waals surface area (Å²) >= 11 is 0. The van der Waals surface area contributed by atoms with E-state index in [9.17, 15) is 9.59 Å². The van der Waals surface area contributed by atoms with Gasteiger partial charge in [0.1, 0.15) is 5.78 Å². The number of carbonyl (C=O) groups excluding carboxylic acids is 2. The minimum atomic E-state index is -0.308. The van der Waals surface area contributed by atoms with Crippen molar-refractivity contribution >= 4 is 11.6 Å². The Labute approximate surface area is 120 Å². The normalized spacial score (nSPS) is 47.8. The van der Waals surface area contributed by atoms with Gasteiger partial charge in [0.2, 0.25) is 0 Å². The topological polar surface area (TPSA) is 37.4 Å². The number of Topliss-reactive ketones (excluding diaryl/α,β-unsaturated/α-hetero) is 1. The third kappa shape index (κ3) is 1.45. The lowest BCUT2D eigenvalue weighted by Crippen LogP contribution is -2.41. The largest absolute Gasteiger partial charge is 0.306 e. The van der Waals surface area contributed by atoms with E-state index in [-0.39, 0.29) is 17.1 Å². The molecule has 4 rings (SSSR count). The van der Waals surface area contributed by atoms with Crippen LogP contribution in [0.5, 0.6) is 0 Å². The predicted molar refractivity (Wildman–Crippen MR) is 76.1 cm³/mol. The molecule has 0 amide bonds. The van der Waals surface area contributed by atoms with Crippen molar-refractivity contribution in [2.75, 3.05) is 20.1 Å². The van der Waals surface area contributed by atoms with Crippen LogP contribution in [0.25, 0.3) is 0 Å². The number of allylic oxidation sites excluding steroid dienone is 2. The van der Waals surface area contributed by atoms with E-state index in [2.05, 4.69) is 11.9 Å². The predicted octanol–water partition coefficient (Wildman–Crippen LogP) is 2.07. The summed E-state index contributed by atoms with van der Waals surface area (Å²) < 4.78 is 0. The van der Waals surface area contributed by atoms with Gasteiger partial charge in [0.05, 0.1) is 0 Å². The molecule has 5 atom stereocenters. The summed E-state index contributed by atoms with van der Waals surface area (Å²) in [4.78, 5) is 27.8. The highest BCUT2D eigenvalue weighted by molar-refractivity contribution is 6.04. The van der Waals surface area contributed by atoms with Crippen LogP contribution < -0.4 is 0 Å². The first-order valence-corrected chi connectivity index (χ1v) is 7.95. The summed E-state index contributed by atoms with van der Waals surface area (Å²) in [7, 11) is 2.16. The Morgan fingerprint density at radius 3 is 2.90 bits per heavy atom. The first-order chi connectivity index (χ1) is 9.52. The lowest BCUT2D eigenvalue weighted by molar-refractivity contribution is -0.132. The molecule has 1 saturated heterocycles. The average molecular weight is 273 g/mol. The Bertz CT molecular complexity index is 523. The Balaban J connectivity index is 1.78. The number of likely N-dealkylation sites (tertiary alicyclic amines) is 1. The van der Waals surface area contributed by atoms with Crippen molar-refractivity contribution in [3.63, 3.8) is 0 Å². The average Bonchev–Trinajstić information content (AvgIpc) is 2.83. The minimum Gasteiger partial charge on any atom is -0.306 e. The molecule has 0 bridgehead atoms. The molecule has 1 aliphatic heterocycles. The van der Waals surface area contributed by atoms with Gasteiger partial charge >= 0.3 is 0 Å². The van der Waals surface area contributed by atoms with Crippen molar-refractivity contribution in [2.24, 2.45) is 29.1 Å². The van der Waals surface area contributed by atoms with Crippen LogP contribution in [-0.4, -0.2) is 36.6 Å². The molecule has 4 aliphatic rings. The summed E-state index contributed by atoms with van der Waals surface area (Å²) in [6, 6.07) is 0. The van der Waals surface area contributed by atoms with Gasteiger partial charge in [-0.3, -0.25) is 9.59 Å². The quantitative estimate of drug-likeness (QED) is 0.678. The number of hydrogen-bond acceptors (Lipinski definition) is 3. The molecule has 3 aliphatic carbocycles. The van der Waals surface area contributed by atoms with Crippen molar-refractivity contribution in [1.29, 1.82) is 0 Å². The standard InChI is InChI=1S/C17H23NO2/c1-10-5-12-7-14(19)16-13-3-4-18(2)9-11(13)8-17(12,16)15(20)6-10/h6,11-13,16H,3-5,7-9H2,1-2H3/t11-,12+,13+,16+,17-/m1/s1. The first kappa shape index (κ1) is 12.8. The highest BCUT2D eigenvalue weighted by Gasteiger charge is 2.67. The molecule has 20 heavy (non-hydrogen) atoms. The maximum Gasteiger partial charge on any atom is 0.162 e. The van der Waals surface area contributed by atoms with Crippen LogP contribution >= 0.6 is 0 Å². The van der Waals surface area contributed by atoms with Gasteiger partial charge in [0, 0.05) is 24.3 Å². The molecule has 0 unspecified atom stereocenters. The van der Waals surface area contributed by atoms with E-state index < -0.39 is 0 Å². The molecular formula is C17H23NO2. The second-order valence-electron chi connectivity index (χ2n) is 7.62. The minimum absolute atomic E-state index is 0.0445. The van der Waals surface area contributed by atoms with Gasteiger partial charge in [-0.05, 0) is 63.6 Å². The molecule has 3 fully saturated rings. The van der Waals surface area contributed by atoms with E-state index in [1.54, 1.807) is 0 Å². The number of fused-ring (bicyclic) bond motifs is 2. The monoisotopic (exact) mass is 273 g/mol. The Hall–Kier alpha value is -0.960. The molecule has 3 heteroatoms. The molecule has 3 nitrogen and oxygen atoms in total. The van der Waals surface area contributed by atoms with Gasteiger partial charge in [-0.1, -0.05) is 5.57 Å². The molecule has 1 spiro atoms. The van der Waals surface area contributed by atoms with Gasteiger partial charge in [-0.15, -0.1) is 0 Å². The molecule has 2 saturated carbocycles. The van der Waals surface area contributed by atoms with Crippen LogP contribution in [0.3, 0.4) is 0 Å². The van der Waals surface area contributed by atoms with Gasteiger partial charge in [-0.2, -0.15) is 0 Å².